The van der Waals surface area contributed by atoms with Crippen LogP contribution in [0.2, 0.25) is 0 Å². The van der Waals surface area contributed by atoms with Crippen LogP contribution in [0.15, 0.2) is 46.2 Å². The molecule has 0 saturated heterocycles. The summed E-state index contributed by atoms with van der Waals surface area (Å²) in [5, 5.41) is 7.63. The first kappa shape index (κ1) is 14.0. The Kier molecular flexibility index (Phi) is 2.68. The normalized spacial score (nSPS) is 14.7. The van der Waals surface area contributed by atoms with Gasteiger partial charge in [-0.15, -0.1) is 0 Å². The molecule has 2 aromatic carbocycles. The largest absolute Gasteiger partial charge is 0.384 e. The Morgan fingerprint density at radius 2 is 2.00 bits per heavy atom. The van der Waals surface area contributed by atoms with Crippen molar-refractivity contribution in [2.45, 2.75) is 23.1 Å². The number of nitrogens with one attached hydrogen (secondary N) is 1. The lowest BCUT2D eigenvalue weighted by atomic mass is 10.1. The van der Waals surface area contributed by atoms with Gasteiger partial charge < -0.3 is 5.73 Å². The highest BCUT2D eigenvalue weighted by Gasteiger charge is 2.33. The number of para-hydroxylation sites is 1. The number of amidine groups is 1. The van der Waals surface area contributed by atoms with Gasteiger partial charge in [0.1, 0.15) is 11.7 Å². The zero-order chi connectivity index (χ0) is 16.4. The van der Waals surface area contributed by atoms with Crippen molar-refractivity contribution in [1.29, 1.82) is 5.41 Å². The van der Waals surface area contributed by atoms with E-state index in [9.17, 15) is 8.42 Å². The third-order valence-corrected chi connectivity index (χ3v) is 5.91. The Labute approximate surface area is 133 Å². The number of nitrogens with zero attached hydrogens (tertiary/aromatic N) is 2. The first-order valence-corrected chi connectivity index (χ1v) is 8.67. The number of nitrogens with two attached hydrogens (primary N) is 1. The van der Waals surface area contributed by atoms with Crippen molar-refractivity contribution in [2.75, 3.05) is 0 Å². The number of sulfone groups is 1. The topological polar surface area (TPSA) is 102 Å². The van der Waals surface area contributed by atoms with Gasteiger partial charge in [-0.3, -0.25) is 9.98 Å². The van der Waals surface area contributed by atoms with Gasteiger partial charge in [-0.2, -0.15) is 0 Å². The van der Waals surface area contributed by atoms with E-state index in [1.54, 1.807) is 24.3 Å². The first-order valence-electron chi connectivity index (χ1n) is 7.19. The van der Waals surface area contributed by atoms with Gasteiger partial charge in [0.15, 0.2) is 0 Å². The average molecular weight is 326 g/mol. The fraction of sp³-hybridized carbons (Fsp3) is 0.125. The number of hydrogen-bond acceptors (Lipinski definition) is 4. The van der Waals surface area contributed by atoms with Crippen LogP contribution in [0, 0.1) is 5.41 Å². The minimum absolute atomic E-state index is 0.158. The summed E-state index contributed by atoms with van der Waals surface area (Å²) in [5.74, 6) is 0.606. The number of imidazole rings is 1. The molecule has 0 radical (unpaired) electrons. The SMILES string of the molecule is CCc1nc2cc(C(=N)N)cc3c2n1-c1ccccc1S3(=O)=O. The molecule has 0 amide bonds. The molecule has 1 aliphatic heterocycles. The van der Waals surface area contributed by atoms with Crippen LogP contribution in [0.25, 0.3) is 16.7 Å². The Morgan fingerprint density at radius 3 is 2.70 bits per heavy atom. The zero-order valence-corrected chi connectivity index (χ0v) is 13.2. The Hall–Kier alpha value is -2.67. The van der Waals surface area contributed by atoms with E-state index in [2.05, 4.69) is 4.98 Å². The average Bonchev–Trinajstić information content (AvgIpc) is 2.91. The summed E-state index contributed by atoms with van der Waals surface area (Å²) in [5.41, 5.74) is 7.65. The lowest BCUT2D eigenvalue weighted by molar-refractivity contribution is 0.594. The highest BCUT2D eigenvalue weighted by molar-refractivity contribution is 7.92. The fourth-order valence-corrected chi connectivity index (χ4v) is 4.73. The third-order valence-electron chi connectivity index (χ3n) is 4.10. The number of benzene rings is 2. The maximum Gasteiger partial charge on any atom is 0.210 e. The molecule has 3 aromatic rings. The minimum atomic E-state index is -3.67. The predicted octanol–water partition coefficient (Wildman–Crippen LogP) is 2.02. The molecule has 1 aromatic heterocycles. The van der Waals surface area contributed by atoms with Crippen molar-refractivity contribution in [3.8, 4) is 5.69 Å². The molecule has 0 atom stereocenters. The number of aryl methyl sites for hydroxylation is 1. The summed E-state index contributed by atoms with van der Waals surface area (Å²) < 4.78 is 27.9. The smallest absolute Gasteiger partial charge is 0.210 e. The Morgan fingerprint density at radius 1 is 1.26 bits per heavy atom. The van der Waals surface area contributed by atoms with Crippen molar-refractivity contribution < 1.29 is 8.42 Å². The van der Waals surface area contributed by atoms with Crippen molar-refractivity contribution in [2.24, 2.45) is 5.73 Å². The summed E-state index contributed by atoms with van der Waals surface area (Å²) in [7, 11) is -3.67. The van der Waals surface area contributed by atoms with E-state index in [-0.39, 0.29) is 15.6 Å². The number of rotatable bonds is 2. The number of aromatic nitrogens is 2. The number of nitrogen functional groups attached to an aromatic ring is 1. The predicted molar refractivity (Wildman–Crippen MR) is 86.9 cm³/mol. The van der Waals surface area contributed by atoms with Crippen molar-refractivity contribution >= 4 is 26.7 Å². The van der Waals surface area contributed by atoms with E-state index in [0.717, 1.165) is 5.82 Å². The maximum atomic E-state index is 13.0. The molecule has 1 aliphatic rings. The van der Waals surface area contributed by atoms with Crippen LogP contribution in [0.4, 0.5) is 0 Å². The molecule has 4 rings (SSSR count). The van der Waals surface area contributed by atoms with Crippen LogP contribution in [0.1, 0.15) is 18.3 Å². The maximum absolute atomic E-state index is 13.0. The Bertz CT molecular complexity index is 1100. The summed E-state index contributed by atoms with van der Waals surface area (Å²) in [4.78, 5) is 4.97. The van der Waals surface area contributed by atoms with Crippen LogP contribution in [-0.2, 0) is 16.3 Å². The van der Waals surface area contributed by atoms with E-state index in [1.165, 1.54) is 6.07 Å². The molecule has 3 N–H and O–H groups in total. The standard InChI is InChI=1S/C16H14N4O2S/c1-2-14-19-10-7-9(16(17)18)8-13-15(10)20(14)11-5-3-4-6-12(11)23(13,21)22/h3-8H,2H2,1H3,(H3,17,18). The fourth-order valence-electron chi connectivity index (χ4n) is 3.07. The second kappa shape index (κ2) is 4.42. The molecule has 0 aliphatic carbocycles. The van der Waals surface area contributed by atoms with Gasteiger partial charge in [0, 0.05) is 12.0 Å². The molecule has 0 spiro atoms. The zero-order valence-electron chi connectivity index (χ0n) is 12.4. The van der Waals surface area contributed by atoms with Crippen LogP contribution < -0.4 is 5.73 Å². The molecule has 7 heteroatoms. The quantitative estimate of drug-likeness (QED) is 0.434. The van der Waals surface area contributed by atoms with Gasteiger partial charge >= 0.3 is 0 Å². The molecule has 23 heavy (non-hydrogen) atoms. The summed E-state index contributed by atoms with van der Waals surface area (Å²) in [6.07, 6.45) is 0.665. The van der Waals surface area contributed by atoms with E-state index in [1.807, 2.05) is 17.6 Å². The minimum Gasteiger partial charge on any atom is -0.384 e. The molecule has 0 fully saturated rings. The van der Waals surface area contributed by atoms with Crippen LogP contribution in [0.5, 0.6) is 0 Å². The molecular formula is C16H14N4O2S. The third kappa shape index (κ3) is 1.71. The van der Waals surface area contributed by atoms with Gasteiger partial charge in [0.2, 0.25) is 9.84 Å². The highest BCUT2D eigenvalue weighted by atomic mass is 32.2. The van der Waals surface area contributed by atoms with Gasteiger partial charge in [-0.25, -0.2) is 13.4 Å². The van der Waals surface area contributed by atoms with Crippen LogP contribution in [0.3, 0.4) is 0 Å². The number of hydrogen-bond donors (Lipinski definition) is 2. The van der Waals surface area contributed by atoms with Crippen molar-refractivity contribution in [3.05, 3.63) is 47.8 Å². The molecule has 0 unspecified atom stereocenters. The van der Waals surface area contributed by atoms with Gasteiger partial charge in [-0.1, -0.05) is 19.1 Å². The lowest BCUT2D eigenvalue weighted by Crippen LogP contribution is -2.17. The molecule has 2 heterocycles. The molecule has 116 valence electrons. The van der Waals surface area contributed by atoms with Gasteiger partial charge in [0.05, 0.1) is 26.5 Å². The molecule has 0 saturated carbocycles. The summed E-state index contributed by atoms with van der Waals surface area (Å²) >= 11 is 0. The molecule has 6 nitrogen and oxygen atoms in total. The summed E-state index contributed by atoms with van der Waals surface area (Å²) in [6.45, 7) is 1.97. The first-order chi connectivity index (χ1) is 10.9. The molecule has 0 bridgehead atoms. The monoisotopic (exact) mass is 326 g/mol. The van der Waals surface area contributed by atoms with Crippen LogP contribution in [-0.4, -0.2) is 23.8 Å². The van der Waals surface area contributed by atoms with E-state index in [0.29, 0.717) is 28.7 Å². The highest BCUT2D eigenvalue weighted by Crippen LogP contribution is 2.39. The lowest BCUT2D eigenvalue weighted by Gasteiger charge is -2.21. The Balaban J connectivity index is 2.28. The van der Waals surface area contributed by atoms with Gasteiger partial charge in [0.25, 0.3) is 0 Å². The van der Waals surface area contributed by atoms with E-state index in [4.69, 9.17) is 11.1 Å². The van der Waals surface area contributed by atoms with E-state index >= 15 is 0 Å². The second-order valence-corrected chi connectivity index (χ2v) is 7.33. The van der Waals surface area contributed by atoms with Crippen molar-refractivity contribution in [3.63, 3.8) is 0 Å². The van der Waals surface area contributed by atoms with Crippen molar-refractivity contribution in [1.82, 2.24) is 9.55 Å². The molecular weight excluding hydrogens is 312 g/mol. The summed E-state index contributed by atoms with van der Waals surface area (Å²) in [6, 6.07) is 10.0. The van der Waals surface area contributed by atoms with E-state index < -0.39 is 9.84 Å². The van der Waals surface area contributed by atoms with Gasteiger partial charge in [-0.05, 0) is 24.3 Å². The van der Waals surface area contributed by atoms with Crippen LogP contribution >= 0.6 is 0 Å². The number of fused-ring (bicyclic) bond motifs is 2. The second-order valence-electron chi connectivity index (χ2n) is 5.44.